The van der Waals surface area contributed by atoms with Gasteiger partial charge in [-0.05, 0) is 25.5 Å². The summed E-state index contributed by atoms with van der Waals surface area (Å²) >= 11 is 0. The lowest BCUT2D eigenvalue weighted by Gasteiger charge is -2.08. The number of fused-ring (bicyclic) bond motifs is 1. The van der Waals surface area contributed by atoms with Crippen LogP contribution in [0, 0.1) is 6.92 Å². The number of carbonyl (C=O) groups excluding carboxylic acids is 1. The number of carbonyl (C=O) groups is 1. The highest BCUT2D eigenvalue weighted by Gasteiger charge is 2.12. The minimum Gasteiger partial charge on any atom is -0.449 e. The van der Waals surface area contributed by atoms with Crippen LogP contribution in [-0.4, -0.2) is 23.5 Å². The monoisotopic (exact) mass is 335 g/mol. The molecule has 0 saturated carbocycles. The Balaban J connectivity index is 1.95. The average Bonchev–Trinajstić information content (AvgIpc) is 2.89. The normalized spacial score (nSPS) is 11.1. The van der Waals surface area contributed by atoms with Crippen molar-refractivity contribution in [2.24, 2.45) is 5.10 Å². The SMILES string of the molecule is CCOC(=O)N/N=C/c1c(C)n(Cc2ccccc2)c2ccccc12. The number of ether oxygens (including phenoxy) is 1. The quantitative estimate of drug-likeness (QED) is 0.564. The highest BCUT2D eigenvalue weighted by atomic mass is 16.5. The first-order chi connectivity index (χ1) is 12.2. The number of para-hydroxylation sites is 1. The lowest BCUT2D eigenvalue weighted by atomic mass is 10.1. The number of rotatable bonds is 5. The van der Waals surface area contributed by atoms with E-state index in [0.717, 1.165) is 28.7 Å². The average molecular weight is 335 g/mol. The zero-order valence-electron chi connectivity index (χ0n) is 14.4. The number of aromatic nitrogens is 1. The molecule has 0 atom stereocenters. The number of hydrazone groups is 1. The van der Waals surface area contributed by atoms with Gasteiger partial charge in [-0.2, -0.15) is 5.10 Å². The zero-order chi connectivity index (χ0) is 17.6. The van der Waals surface area contributed by atoms with E-state index in [4.69, 9.17) is 4.74 Å². The molecular formula is C20H21N3O2. The number of hydrogen-bond donors (Lipinski definition) is 1. The van der Waals surface area contributed by atoms with Gasteiger partial charge in [0.05, 0.1) is 12.8 Å². The summed E-state index contributed by atoms with van der Waals surface area (Å²) in [5.41, 5.74) is 6.84. The standard InChI is InChI=1S/C20H21N3O2/c1-3-25-20(24)22-21-13-18-15(2)23(14-16-9-5-4-6-10-16)19-12-8-7-11-17(18)19/h4-13H,3,14H2,1-2H3,(H,22,24)/b21-13+. The van der Waals surface area contributed by atoms with Crippen molar-refractivity contribution >= 4 is 23.2 Å². The van der Waals surface area contributed by atoms with Crippen LogP contribution in [0.5, 0.6) is 0 Å². The summed E-state index contributed by atoms with van der Waals surface area (Å²) in [7, 11) is 0. The Labute approximate surface area is 146 Å². The molecule has 0 aliphatic rings. The molecule has 1 heterocycles. The molecule has 1 aromatic heterocycles. The first kappa shape index (κ1) is 16.8. The van der Waals surface area contributed by atoms with Crippen molar-refractivity contribution in [3.63, 3.8) is 0 Å². The van der Waals surface area contributed by atoms with Crippen LogP contribution in [-0.2, 0) is 11.3 Å². The molecule has 3 aromatic rings. The van der Waals surface area contributed by atoms with Gasteiger partial charge < -0.3 is 9.30 Å². The topological polar surface area (TPSA) is 55.6 Å². The second-order valence-corrected chi connectivity index (χ2v) is 5.68. The molecule has 0 saturated heterocycles. The number of amides is 1. The van der Waals surface area contributed by atoms with Gasteiger partial charge in [-0.15, -0.1) is 0 Å². The predicted molar refractivity (Wildman–Crippen MR) is 100.0 cm³/mol. The Morgan fingerprint density at radius 2 is 1.88 bits per heavy atom. The summed E-state index contributed by atoms with van der Waals surface area (Å²) in [5, 5.41) is 5.13. The Hall–Kier alpha value is -3.08. The maximum Gasteiger partial charge on any atom is 0.427 e. The maximum absolute atomic E-state index is 11.4. The molecule has 0 bridgehead atoms. The first-order valence-corrected chi connectivity index (χ1v) is 8.28. The number of benzene rings is 2. The Kier molecular flexibility index (Phi) is 5.14. The maximum atomic E-state index is 11.4. The molecule has 3 rings (SSSR count). The number of hydrogen-bond acceptors (Lipinski definition) is 3. The summed E-state index contributed by atoms with van der Waals surface area (Å²) in [6.07, 6.45) is 1.13. The van der Waals surface area contributed by atoms with E-state index in [-0.39, 0.29) is 0 Å². The molecule has 128 valence electrons. The Morgan fingerprint density at radius 3 is 2.64 bits per heavy atom. The van der Waals surface area contributed by atoms with E-state index in [1.54, 1.807) is 13.1 Å². The second kappa shape index (κ2) is 7.66. The van der Waals surface area contributed by atoms with Crippen molar-refractivity contribution in [2.75, 3.05) is 6.61 Å². The van der Waals surface area contributed by atoms with Crippen LogP contribution in [0.25, 0.3) is 10.9 Å². The fourth-order valence-corrected chi connectivity index (χ4v) is 2.90. The van der Waals surface area contributed by atoms with Crippen molar-refractivity contribution in [1.29, 1.82) is 0 Å². The van der Waals surface area contributed by atoms with Crippen LogP contribution in [0.2, 0.25) is 0 Å². The van der Waals surface area contributed by atoms with E-state index in [1.807, 2.05) is 30.3 Å². The van der Waals surface area contributed by atoms with Gasteiger partial charge in [0.2, 0.25) is 0 Å². The minimum atomic E-state index is -0.551. The first-order valence-electron chi connectivity index (χ1n) is 8.28. The van der Waals surface area contributed by atoms with Gasteiger partial charge in [-0.1, -0.05) is 48.5 Å². The highest BCUT2D eigenvalue weighted by molar-refractivity contribution is 6.01. The van der Waals surface area contributed by atoms with Crippen molar-refractivity contribution in [2.45, 2.75) is 20.4 Å². The van der Waals surface area contributed by atoms with Crippen molar-refractivity contribution in [1.82, 2.24) is 9.99 Å². The van der Waals surface area contributed by atoms with E-state index >= 15 is 0 Å². The molecule has 5 nitrogen and oxygen atoms in total. The lowest BCUT2D eigenvalue weighted by molar-refractivity contribution is 0.152. The van der Waals surface area contributed by atoms with Gasteiger partial charge in [0, 0.05) is 28.7 Å². The highest BCUT2D eigenvalue weighted by Crippen LogP contribution is 2.25. The lowest BCUT2D eigenvalue weighted by Crippen LogP contribution is -2.18. The van der Waals surface area contributed by atoms with Crippen molar-refractivity contribution in [3.8, 4) is 0 Å². The summed E-state index contributed by atoms with van der Waals surface area (Å²) in [4.78, 5) is 11.4. The molecular weight excluding hydrogens is 314 g/mol. The van der Waals surface area contributed by atoms with Crippen LogP contribution >= 0.6 is 0 Å². The third-order valence-electron chi connectivity index (χ3n) is 4.09. The fourth-order valence-electron chi connectivity index (χ4n) is 2.90. The molecule has 25 heavy (non-hydrogen) atoms. The smallest absolute Gasteiger partial charge is 0.427 e. The van der Waals surface area contributed by atoms with Gasteiger partial charge in [0.15, 0.2) is 0 Å². The summed E-state index contributed by atoms with van der Waals surface area (Å²) in [6, 6.07) is 18.5. The largest absolute Gasteiger partial charge is 0.449 e. The van der Waals surface area contributed by atoms with Crippen LogP contribution in [0.4, 0.5) is 4.79 Å². The Bertz CT molecular complexity index is 898. The number of nitrogens with zero attached hydrogens (tertiary/aromatic N) is 2. The van der Waals surface area contributed by atoms with Gasteiger partial charge >= 0.3 is 6.09 Å². The molecule has 0 spiro atoms. The van der Waals surface area contributed by atoms with Gasteiger partial charge in [0.1, 0.15) is 0 Å². The van der Waals surface area contributed by atoms with E-state index in [0.29, 0.717) is 6.61 Å². The third kappa shape index (κ3) is 3.71. The molecule has 0 aliphatic heterocycles. The Morgan fingerprint density at radius 1 is 1.16 bits per heavy atom. The van der Waals surface area contributed by atoms with Crippen molar-refractivity contribution in [3.05, 3.63) is 71.4 Å². The van der Waals surface area contributed by atoms with E-state index in [2.05, 4.69) is 46.3 Å². The fraction of sp³-hybridized carbons (Fsp3) is 0.200. The third-order valence-corrected chi connectivity index (χ3v) is 4.09. The molecule has 5 heteroatoms. The molecule has 0 fully saturated rings. The van der Waals surface area contributed by atoms with Gasteiger partial charge in [-0.3, -0.25) is 0 Å². The van der Waals surface area contributed by atoms with Crippen LogP contribution in [0.15, 0.2) is 59.7 Å². The van der Waals surface area contributed by atoms with Gasteiger partial charge in [-0.25, -0.2) is 10.2 Å². The number of nitrogens with one attached hydrogen (secondary N) is 1. The zero-order valence-corrected chi connectivity index (χ0v) is 14.4. The summed E-state index contributed by atoms with van der Waals surface area (Å²) in [6.45, 7) is 4.92. The van der Waals surface area contributed by atoms with Crippen LogP contribution < -0.4 is 5.43 Å². The van der Waals surface area contributed by atoms with Crippen LogP contribution in [0.1, 0.15) is 23.7 Å². The molecule has 2 aromatic carbocycles. The van der Waals surface area contributed by atoms with E-state index < -0.39 is 6.09 Å². The molecule has 1 N–H and O–H groups in total. The predicted octanol–water partition coefficient (Wildman–Crippen LogP) is 4.08. The minimum absolute atomic E-state index is 0.316. The van der Waals surface area contributed by atoms with Crippen molar-refractivity contribution < 1.29 is 9.53 Å². The second-order valence-electron chi connectivity index (χ2n) is 5.68. The molecule has 0 unspecified atom stereocenters. The molecule has 1 amide bonds. The van der Waals surface area contributed by atoms with Crippen LogP contribution in [0.3, 0.4) is 0 Å². The van der Waals surface area contributed by atoms with E-state index in [1.165, 1.54) is 5.56 Å². The van der Waals surface area contributed by atoms with Gasteiger partial charge in [0.25, 0.3) is 0 Å². The summed E-state index contributed by atoms with van der Waals surface area (Å²) < 4.78 is 7.07. The van der Waals surface area contributed by atoms with E-state index in [9.17, 15) is 4.79 Å². The summed E-state index contributed by atoms with van der Waals surface area (Å²) in [5.74, 6) is 0. The molecule has 0 radical (unpaired) electrons. The molecule has 0 aliphatic carbocycles.